The Morgan fingerprint density at radius 2 is 1.89 bits per heavy atom. The first-order chi connectivity index (χ1) is 8.66. The molecule has 0 heterocycles. The highest BCUT2D eigenvalue weighted by Crippen LogP contribution is 2.19. The Morgan fingerprint density at radius 3 is 2.56 bits per heavy atom. The molecule has 2 rings (SSSR count). The van der Waals surface area contributed by atoms with Crippen LogP contribution >= 0.6 is 15.9 Å². The molecule has 1 N–H and O–H groups in total. The first kappa shape index (κ1) is 13.5. The second-order valence-electron chi connectivity index (χ2n) is 4.79. The minimum atomic E-state index is -0.468. The molecule has 1 aliphatic rings. The molecule has 0 atom stereocenters. The summed E-state index contributed by atoms with van der Waals surface area (Å²) in [5, 5.41) is 2.94. The van der Waals surface area contributed by atoms with Crippen molar-refractivity contribution in [3.8, 4) is 0 Å². The summed E-state index contributed by atoms with van der Waals surface area (Å²) >= 11 is 3.26. The molecule has 0 spiro atoms. The van der Waals surface area contributed by atoms with Gasteiger partial charge in [0.05, 0.1) is 5.56 Å². The van der Waals surface area contributed by atoms with E-state index in [0.717, 1.165) is 30.2 Å². The van der Waals surface area contributed by atoms with Gasteiger partial charge in [-0.3, -0.25) is 4.79 Å². The van der Waals surface area contributed by atoms with E-state index in [2.05, 4.69) is 21.2 Å². The molecular weight excluding hydrogens is 297 g/mol. The molecule has 1 aromatic carbocycles. The van der Waals surface area contributed by atoms with Crippen molar-refractivity contribution in [1.82, 2.24) is 5.32 Å². The molecule has 2 nitrogen and oxygen atoms in total. The van der Waals surface area contributed by atoms with Crippen LogP contribution in [0, 0.1) is 5.82 Å². The Hall–Kier alpha value is -0.900. The van der Waals surface area contributed by atoms with Crippen molar-refractivity contribution in [3.05, 3.63) is 34.1 Å². The van der Waals surface area contributed by atoms with Gasteiger partial charge in [-0.25, -0.2) is 4.39 Å². The Labute approximate surface area is 115 Å². The van der Waals surface area contributed by atoms with Crippen LogP contribution < -0.4 is 5.32 Å². The second kappa shape index (κ2) is 6.32. The summed E-state index contributed by atoms with van der Waals surface area (Å²) in [4.78, 5) is 12.0. The third-order valence-electron chi connectivity index (χ3n) is 3.36. The molecule has 0 saturated heterocycles. The van der Waals surface area contributed by atoms with Crippen molar-refractivity contribution in [1.29, 1.82) is 0 Å². The van der Waals surface area contributed by atoms with E-state index in [1.807, 2.05) is 0 Å². The van der Waals surface area contributed by atoms with Crippen LogP contribution in [0.4, 0.5) is 4.39 Å². The van der Waals surface area contributed by atoms with Crippen molar-refractivity contribution in [2.45, 2.75) is 44.6 Å². The van der Waals surface area contributed by atoms with Crippen LogP contribution in [0.2, 0.25) is 0 Å². The molecule has 1 fully saturated rings. The lowest BCUT2D eigenvalue weighted by atomic mass is 10.1. The van der Waals surface area contributed by atoms with E-state index in [9.17, 15) is 9.18 Å². The number of hydrogen-bond donors (Lipinski definition) is 1. The summed E-state index contributed by atoms with van der Waals surface area (Å²) in [6, 6.07) is 4.63. The average Bonchev–Trinajstić information content (AvgIpc) is 2.61. The number of benzene rings is 1. The number of carbonyl (C=O) groups is 1. The van der Waals surface area contributed by atoms with Gasteiger partial charge in [-0.1, -0.05) is 41.6 Å². The fourth-order valence-corrected chi connectivity index (χ4v) is 2.72. The molecule has 1 aromatic rings. The third kappa shape index (κ3) is 3.55. The molecule has 98 valence electrons. The largest absolute Gasteiger partial charge is 0.349 e. The summed E-state index contributed by atoms with van der Waals surface area (Å²) in [5.41, 5.74) is 0.119. The summed E-state index contributed by atoms with van der Waals surface area (Å²) in [6.45, 7) is 0. The average molecular weight is 314 g/mol. The molecular formula is C14H17BrFNO. The Balaban J connectivity index is 2.04. The van der Waals surface area contributed by atoms with Crippen molar-refractivity contribution in [2.24, 2.45) is 0 Å². The number of rotatable bonds is 2. The lowest BCUT2D eigenvalue weighted by Crippen LogP contribution is -2.34. The van der Waals surface area contributed by atoms with Crippen LogP contribution in [0.1, 0.15) is 48.9 Å². The number of carbonyl (C=O) groups excluding carboxylic acids is 1. The molecule has 4 heteroatoms. The SMILES string of the molecule is O=C(NC1CCCCCC1)c1cc(Br)ccc1F. The minimum absolute atomic E-state index is 0.119. The maximum absolute atomic E-state index is 13.6. The van der Waals surface area contributed by atoms with Gasteiger partial charge in [0.2, 0.25) is 0 Å². The quantitative estimate of drug-likeness (QED) is 0.820. The predicted molar refractivity (Wildman–Crippen MR) is 73.1 cm³/mol. The molecule has 0 aromatic heterocycles. The van der Waals surface area contributed by atoms with E-state index in [4.69, 9.17) is 0 Å². The highest BCUT2D eigenvalue weighted by molar-refractivity contribution is 9.10. The minimum Gasteiger partial charge on any atom is -0.349 e. The Morgan fingerprint density at radius 1 is 1.22 bits per heavy atom. The van der Waals surface area contributed by atoms with Gasteiger partial charge in [-0.15, -0.1) is 0 Å². The Kier molecular flexibility index (Phi) is 4.75. The topological polar surface area (TPSA) is 29.1 Å². The third-order valence-corrected chi connectivity index (χ3v) is 3.86. The monoisotopic (exact) mass is 313 g/mol. The maximum Gasteiger partial charge on any atom is 0.254 e. The molecule has 1 aliphatic carbocycles. The molecule has 0 aliphatic heterocycles. The zero-order valence-electron chi connectivity index (χ0n) is 10.2. The molecule has 0 radical (unpaired) electrons. The first-order valence-electron chi connectivity index (χ1n) is 6.43. The molecule has 1 saturated carbocycles. The zero-order valence-corrected chi connectivity index (χ0v) is 11.8. The van der Waals surface area contributed by atoms with Gasteiger partial charge in [0, 0.05) is 10.5 Å². The van der Waals surface area contributed by atoms with Crippen LogP contribution in [0.15, 0.2) is 22.7 Å². The number of nitrogens with one attached hydrogen (secondary N) is 1. The highest BCUT2D eigenvalue weighted by Gasteiger charge is 2.18. The van der Waals surface area contributed by atoms with Crippen LogP contribution in [0.5, 0.6) is 0 Å². The standard InChI is InChI=1S/C14H17BrFNO/c15-10-7-8-13(16)12(9-10)14(18)17-11-5-3-1-2-4-6-11/h7-9,11H,1-6H2,(H,17,18). The van der Waals surface area contributed by atoms with Crippen LogP contribution in [-0.2, 0) is 0 Å². The van der Waals surface area contributed by atoms with E-state index >= 15 is 0 Å². The summed E-state index contributed by atoms with van der Waals surface area (Å²) in [5.74, 6) is -0.773. The predicted octanol–water partition coefficient (Wildman–Crippen LogP) is 4.04. The number of hydrogen-bond acceptors (Lipinski definition) is 1. The Bertz CT molecular complexity index is 428. The van der Waals surface area contributed by atoms with Crippen molar-refractivity contribution >= 4 is 21.8 Å². The van der Waals surface area contributed by atoms with Crippen LogP contribution in [0.3, 0.4) is 0 Å². The van der Waals surface area contributed by atoms with Gasteiger partial charge in [-0.05, 0) is 31.0 Å². The molecule has 0 unspecified atom stereocenters. The van der Waals surface area contributed by atoms with Crippen molar-refractivity contribution in [3.63, 3.8) is 0 Å². The van der Waals surface area contributed by atoms with E-state index < -0.39 is 5.82 Å². The highest BCUT2D eigenvalue weighted by atomic mass is 79.9. The smallest absolute Gasteiger partial charge is 0.254 e. The van der Waals surface area contributed by atoms with E-state index in [-0.39, 0.29) is 17.5 Å². The lowest BCUT2D eigenvalue weighted by Gasteiger charge is -2.16. The normalized spacial score (nSPS) is 17.2. The second-order valence-corrected chi connectivity index (χ2v) is 5.70. The van der Waals surface area contributed by atoms with Gasteiger partial charge < -0.3 is 5.32 Å². The fraction of sp³-hybridized carbons (Fsp3) is 0.500. The van der Waals surface area contributed by atoms with E-state index in [1.54, 1.807) is 6.07 Å². The maximum atomic E-state index is 13.6. The van der Waals surface area contributed by atoms with E-state index in [1.165, 1.54) is 25.0 Å². The van der Waals surface area contributed by atoms with Crippen LogP contribution in [-0.4, -0.2) is 11.9 Å². The first-order valence-corrected chi connectivity index (χ1v) is 7.22. The molecule has 0 bridgehead atoms. The molecule has 1 amide bonds. The zero-order chi connectivity index (χ0) is 13.0. The van der Waals surface area contributed by atoms with Gasteiger partial charge in [0.15, 0.2) is 0 Å². The number of amides is 1. The molecule has 18 heavy (non-hydrogen) atoms. The van der Waals surface area contributed by atoms with E-state index in [0.29, 0.717) is 0 Å². The van der Waals surface area contributed by atoms with Gasteiger partial charge >= 0.3 is 0 Å². The summed E-state index contributed by atoms with van der Waals surface area (Å²) < 4.78 is 14.3. The van der Waals surface area contributed by atoms with Gasteiger partial charge in [0.25, 0.3) is 5.91 Å². The van der Waals surface area contributed by atoms with Gasteiger partial charge in [0.1, 0.15) is 5.82 Å². The van der Waals surface area contributed by atoms with Crippen molar-refractivity contribution in [2.75, 3.05) is 0 Å². The summed E-state index contributed by atoms with van der Waals surface area (Å²) in [7, 11) is 0. The number of halogens is 2. The summed E-state index contributed by atoms with van der Waals surface area (Å²) in [6.07, 6.45) is 6.76. The fourth-order valence-electron chi connectivity index (χ4n) is 2.36. The van der Waals surface area contributed by atoms with Gasteiger partial charge in [-0.2, -0.15) is 0 Å². The van der Waals surface area contributed by atoms with Crippen LogP contribution in [0.25, 0.3) is 0 Å². The lowest BCUT2D eigenvalue weighted by molar-refractivity contribution is 0.0929. The van der Waals surface area contributed by atoms with Crippen molar-refractivity contribution < 1.29 is 9.18 Å².